The number of carbonyl (C=O) groups is 1. The van der Waals surface area contributed by atoms with E-state index in [2.05, 4.69) is 12.2 Å². The zero-order valence-electron chi connectivity index (χ0n) is 8.66. The lowest BCUT2D eigenvalue weighted by molar-refractivity contribution is 0.203. The minimum absolute atomic E-state index is 0.154. The number of likely N-dealkylation sites (tertiary alicyclic amines) is 1. The van der Waals surface area contributed by atoms with Gasteiger partial charge in [0.05, 0.1) is 0 Å². The summed E-state index contributed by atoms with van der Waals surface area (Å²) in [7, 11) is 0. The fourth-order valence-corrected chi connectivity index (χ4v) is 3.42. The molecular formula is C10H18N2OS. The summed E-state index contributed by atoms with van der Waals surface area (Å²) in [5.41, 5.74) is 0. The topological polar surface area (TPSA) is 32.3 Å². The predicted molar refractivity (Wildman–Crippen MR) is 59.6 cm³/mol. The molecule has 80 valence electrons. The fourth-order valence-electron chi connectivity index (χ4n) is 2.02. The second-order valence-electron chi connectivity index (χ2n) is 4.26. The summed E-state index contributed by atoms with van der Waals surface area (Å²) in [5, 5.41) is 3.14. The quantitative estimate of drug-likeness (QED) is 0.718. The molecule has 4 heteroatoms. The summed E-state index contributed by atoms with van der Waals surface area (Å²) >= 11 is 1.94. The summed E-state index contributed by atoms with van der Waals surface area (Å²) in [6.07, 6.45) is 2.34. The van der Waals surface area contributed by atoms with Gasteiger partial charge in [0.1, 0.15) is 0 Å². The van der Waals surface area contributed by atoms with E-state index >= 15 is 0 Å². The SMILES string of the molecule is CC1CSCC1NC(=O)N1CCCC1. The Balaban J connectivity index is 1.81. The molecule has 0 spiro atoms. The molecule has 2 aliphatic rings. The van der Waals surface area contributed by atoms with E-state index in [0.29, 0.717) is 12.0 Å². The van der Waals surface area contributed by atoms with E-state index in [-0.39, 0.29) is 6.03 Å². The Bertz CT molecular complexity index is 216. The van der Waals surface area contributed by atoms with Crippen LogP contribution in [0.4, 0.5) is 4.79 Å². The molecule has 2 fully saturated rings. The highest BCUT2D eigenvalue weighted by Gasteiger charge is 2.27. The number of hydrogen-bond donors (Lipinski definition) is 1. The van der Waals surface area contributed by atoms with Crippen molar-refractivity contribution < 1.29 is 4.79 Å². The maximum atomic E-state index is 11.8. The third-order valence-corrected chi connectivity index (χ3v) is 4.42. The van der Waals surface area contributed by atoms with Crippen LogP contribution in [0, 0.1) is 5.92 Å². The van der Waals surface area contributed by atoms with E-state index < -0.39 is 0 Å². The predicted octanol–water partition coefficient (Wildman–Crippen LogP) is 1.54. The number of hydrogen-bond acceptors (Lipinski definition) is 2. The lowest BCUT2D eigenvalue weighted by Crippen LogP contribution is -2.45. The lowest BCUT2D eigenvalue weighted by atomic mass is 10.1. The lowest BCUT2D eigenvalue weighted by Gasteiger charge is -2.21. The largest absolute Gasteiger partial charge is 0.334 e. The minimum atomic E-state index is 0.154. The van der Waals surface area contributed by atoms with Crippen LogP contribution >= 0.6 is 11.8 Å². The number of rotatable bonds is 1. The zero-order chi connectivity index (χ0) is 9.97. The zero-order valence-corrected chi connectivity index (χ0v) is 9.48. The van der Waals surface area contributed by atoms with Gasteiger partial charge in [-0.25, -0.2) is 4.79 Å². The van der Waals surface area contributed by atoms with Gasteiger partial charge >= 0.3 is 6.03 Å². The molecule has 0 aromatic rings. The smallest absolute Gasteiger partial charge is 0.317 e. The number of nitrogens with one attached hydrogen (secondary N) is 1. The maximum absolute atomic E-state index is 11.8. The van der Waals surface area contributed by atoms with Crippen molar-refractivity contribution in [1.82, 2.24) is 10.2 Å². The van der Waals surface area contributed by atoms with Gasteiger partial charge in [-0.1, -0.05) is 6.92 Å². The Kier molecular flexibility index (Phi) is 3.21. The van der Waals surface area contributed by atoms with Crippen LogP contribution in [0.5, 0.6) is 0 Å². The van der Waals surface area contributed by atoms with E-state index in [9.17, 15) is 4.79 Å². The van der Waals surface area contributed by atoms with Crippen LogP contribution < -0.4 is 5.32 Å². The normalized spacial score (nSPS) is 32.2. The molecular weight excluding hydrogens is 196 g/mol. The molecule has 1 N–H and O–H groups in total. The first kappa shape index (κ1) is 10.1. The van der Waals surface area contributed by atoms with Gasteiger partial charge in [-0.3, -0.25) is 0 Å². The monoisotopic (exact) mass is 214 g/mol. The van der Waals surface area contributed by atoms with E-state index in [1.165, 1.54) is 18.6 Å². The molecule has 2 amide bonds. The highest BCUT2D eigenvalue weighted by atomic mass is 32.2. The first-order valence-corrected chi connectivity index (χ1v) is 6.56. The molecule has 2 aliphatic heterocycles. The molecule has 0 aliphatic carbocycles. The van der Waals surface area contributed by atoms with E-state index in [0.717, 1.165) is 18.8 Å². The molecule has 0 aromatic heterocycles. The molecule has 3 nitrogen and oxygen atoms in total. The van der Waals surface area contributed by atoms with Crippen LogP contribution in [0.3, 0.4) is 0 Å². The van der Waals surface area contributed by atoms with Crippen LogP contribution in [-0.2, 0) is 0 Å². The molecule has 2 heterocycles. The van der Waals surface area contributed by atoms with Crippen molar-refractivity contribution in [3.05, 3.63) is 0 Å². The van der Waals surface area contributed by atoms with Gasteiger partial charge in [0.25, 0.3) is 0 Å². The first-order chi connectivity index (χ1) is 6.77. The third-order valence-electron chi connectivity index (χ3n) is 3.07. The number of carbonyl (C=O) groups excluding carboxylic acids is 1. The Morgan fingerprint density at radius 2 is 2.07 bits per heavy atom. The van der Waals surface area contributed by atoms with Crippen LogP contribution in [-0.4, -0.2) is 41.6 Å². The van der Waals surface area contributed by atoms with E-state index in [1.54, 1.807) is 0 Å². The van der Waals surface area contributed by atoms with Gasteiger partial charge in [-0.2, -0.15) is 11.8 Å². The van der Waals surface area contributed by atoms with Crippen molar-refractivity contribution in [3.63, 3.8) is 0 Å². The van der Waals surface area contributed by atoms with Gasteiger partial charge < -0.3 is 10.2 Å². The van der Waals surface area contributed by atoms with Crippen molar-refractivity contribution >= 4 is 17.8 Å². The summed E-state index contributed by atoms with van der Waals surface area (Å²) in [4.78, 5) is 13.7. The van der Waals surface area contributed by atoms with Crippen molar-refractivity contribution in [2.45, 2.75) is 25.8 Å². The van der Waals surface area contributed by atoms with Crippen LogP contribution in [0.2, 0.25) is 0 Å². The van der Waals surface area contributed by atoms with E-state index in [1.807, 2.05) is 16.7 Å². The van der Waals surface area contributed by atoms with Gasteiger partial charge in [0.15, 0.2) is 0 Å². The van der Waals surface area contributed by atoms with Crippen LogP contribution in [0.1, 0.15) is 19.8 Å². The number of amides is 2. The summed E-state index contributed by atoms with van der Waals surface area (Å²) in [6.45, 7) is 4.11. The third kappa shape index (κ3) is 2.16. The first-order valence-electron chi connectivity index (χ1n) is 5.40. The highest BCUT2D eigenvalue weighted by molar-refractivity contribution is 7.99. The molecule has 2 unspecified atom stereocenters. The average molecular weight is 214 g/mol. The fraction of sp³-hybridized carbons (Fsp3) is 0.900. The number of thioether (sulfide) groups is 1. The molecule has 2 saturated heterocycles. The molecule has 14 heavy (non-hydrogen) atoms. The van der Waals surface area contributed by atoms with Crippen molar-refractivity contribution in [2.75, 3.05) is 24.6 Å². The Labute approximate surface area is 89.6 Å². The molecule has 0 aromatic carbocycles. The Morgan fingerprint density at radius 1 is 1.36 bits per heavy atom. The van der Waals surface area contributed by atoms with Gasteiger partial charge in [0.2, 0.25) is 0 Å². The number of nitrogens with zero attached hydrogens (tertiary/aromatic N) is 1. The van der Waals surface area contributed by atoms with Crippen LogP contribution in [0.15, 0.2) is 0 Å². The Morgan fingerprint density at radius 3 is 2.64 bits per heavy atom. The van der Waals surface area contributed by atoms with Gasteiger partial charge in [-0.05, 0) is 24.5 Å². The maximum Gasteiger partial charge on any atom is 0.317 e. The molecule has 0 radical (unpaired) electrons. The summed E-state index contributed by atoms with van der Waals surface area (Å²) in [6, 6.07) is 0.551. The average Bonchev–Trinajstić information content (AvgIpc) is 2.77. The second-order valence-corrected chi connectivity index (χ2v) is 5.34. The van der Waals surface area contributed by atoms with Crippen molar-refractivity contribution in [1.29, 1.82) is 0 Å². The summed E-state index contributed by atoms with van der Waals surface area (Å²) < 4.78 is 0. The van der Waals surface area contributed by atoms with Crippen LogP contribution in [0.25, 0.3) is 0 Å². The highest BCUT2D eigenvalue weighted by Crippen LogP contribution is 2.23. The van der Waals surface area contributed by atoms with E-state index in [4.69, 9.17) is 0 Å². The summed E-state index contributed by atoms with van der Waals surface area (Å²) in [5.74, 6) is 2.90. The molecule has 2 rings (SSSR count). The van der Waals surface area contributed by atoms with Crippen molar-refractivity contribution in [2.24, 2.45) is 5.92 Å². The molecule has 0 bridgehead atoms. The minimum Gasteiger partial charge on any atom is -0.334 e. The number of urea groups is 1. The second kappa shape index (κ2) is 4.43. The van der Waals surface area contributed by atoms with Gasteiger partial charge in [0, 0.05) is 24.9 Å². The Hall–Kier alpha value is -0.380. The standard InChI is InChI=1S/C10H18N2OS/c1-8-6-14-7-9(8)11-10(13)12-4-2-3-5-12/h8-9H,2-7H2,1H3,(H,11,13). The molecule has 0 saturated carbocycles. The molecule has 2 atom stereocenters. The van der Waals surface area contributed by atoms with Gasteiger partial charge in [-0.15, -0.1) is 0 Å². The van der Waals surface area contributed by atoms with Crippen molar-refractivity contribution in [3.8, 4) is 0 Å².